The van der Waals surface area contributed by atoms with E-state index in [-0.39, 0.29) is 12.1 Å². The molecule has 28 heavy (non-hydrogen) atoms. The van der Waals surface area contributed by atoms with E-state index in [1.807, 2.05) is 0 Å². The molecule has 3 aromatic rings. The Kier molecular flexibility index (Phi) is 5.57. The number of nitrogens with one attached hydrogen (secondary N) is 2. The van der Waals surface area contributed by atoms with Crippen LogP contribution < -0.4 is 10.6 Å². The van der Waals surface area contributed by atoms with Gasteiger partial charge in [-0.15, -0.1) is 0 Å². The maximum atomic E-state index is 12.7. The van der Waals surface area contributed by atoms with Crippen molar-refractivity contribution in [3.8, 4) is 5.82 Å². The smallest absolute Gasteiger partial charge is 0.368 e. The van der Waals surface area contributed by atoms with Crippen LogP contribution >= 0.6 is 0 Å². The van der Waals surface area contributed by atoms with E-state index < -0.39 is 17.6 Å². The Labute approximate surface area is 158 Å². The van der Waals surface area contributed by atoms with Crippen molar-refractivity contribution >= 4 is 11.7 Å². The van der Waals surface area contributed by atoms with E-state index in [9.17, 15) is 18.0 Å². The van der Waals surface area contributed by atoms with Gasteiger partial charge in [0.05, 0.1) is 5.56 Å². The first-order valence-corrected chi connectivity index (χ1v) is 8.38. The van der Waals surface area contributed by atoms with E-state index in [4.69, 9.17) is 0 Å². The summed E-state index contributed by atoms with van der Waals surface area (Å²) in [4.78, 5) is 20.6. The van der Waals surface area contributed by atoms with E-state index in [1.54, 1.807) is 36.1 Å². The molecule has 0 saturated carbocycles. The summed E-state index contributed by atoms with van der Waals surface area (Å²) in [5.74, 6) is 1.10. The van der Waals surface area contributed by atoms with Gasteiger partial charge < -0.3 is 10.6 Å². The molecule has 0 radical (unpaired) electrons. The summed E-state index contributed by atoms with van der Waals surface area (Å²) >= 11 is 0. The molecule has 2 N–H and O–H groups in total. The lowest BCUT2D eigenvalue weighted by Gasteiger charge is -2.11. The lowest BCUT2D eigenvalue weighted by atomic mass is 10.1. The molecule has 0 aliphatic carbocycles. The first-order valence-electron chi connectivity index (χ1n) is 8.38. The molecule has 1 amide bonds. The molecule has 0 unspecified atom stereocenters. The van der Waals surface area contributed by atoms with E-state index >= 15 is 0 Å². The van der Waals surface area contributed by atoms with Gasteiger partial charge in [0, 0.05) is 37.1 Å². The number of alkyl halides is 3. The molecule has 1 aromatic carbocycles. The molecule has 0 atom stereocenters. The summed E-state index contributed by atoms with van der Waals surface area (Å²) in [5.41, 5.74) is -0.908. The number of nitrogens with zero attached hydrogens (tertiary/aromatic N) is 4. The van der Waals surface area contributed by atoms with Gasteiger partial charge in [-0.3, -0.25) is 4.79 Å². The number of carbonyl (C=O) groups is 1. The molecular weight excluding hydrogens is 373 g/mol. The molecule has 10 heteroatoms. The Hall–Kier alpha value is -3.43. The molecule has 3 rings (SSSR count). The zero-order valence-corrected chi connectivity index (χ0v) is 14.9. The van der Waals surface area contributed by atoms with E-state index in [1.165, 1.54) is 12.1 Å². The van der Waals surface area contributed by atoms with Gasteiger partial charge in [-0.1, -0.05) is 6.07 Å². The highest BCUT2D eigenvalue weighted by molar-refractivity contribution is 5.94. The maximum absolute atomic E-state index is 12.7. The molecular formula is C18H17F3N6O. The SMILES string of the molecule is Cc1nc(NCCNC(=O)c2cccc(C(F)(F)F)c2)cc(-n2cccn2)n1. The highest BCUT2D eigenvalue weighted by Crippen LogP contribution is 2.29. The van der Waals surface area contributed by atoms with Crippen LogP contribution in [0.3, 0.4) is 0 Å². The van der Waals surface area contributed by atoms with Crippen molar-refractivity contribution in [3.63, 3.8) is 0 Å². The van der Waals surface area contributed by atoms with Gasteiger partial charge in [0.25, 0.3) is 5.91 Å². The van der Waals surface area contributed by atoms with Crippen molar-refractivity contribution in [2.45, 2.75) is 13.1 Å². The Bertz CT molecular complexity index is 956. The van der Waals surface area contributed by atoms with E-state index in [2.05, 4.69) is 25.7 Å². The topological polar surface area (TPSA) is 84.7 Å². The Morgan fingerprint density at radius 3 is 2.68 bits per heavy atom. The molecule has 0 fully saturated rings. The largest absolute Gasteiger partial charge is 0.416 e. The van der Waals surface area contributed by atoms with Crippen LogP contribution in [-0.2, 0) is 6.18 Å². The third-order valence-corrected chi connectivity index (χ3v) is 3.73. The maximum Gasteiger partial charge on any atom is 0.416 e. The Morgan fingerprint density at radius 2 is 1.96 bits per heavy atom. The molecule has 0 saturated heterocycles. The van der Waals surface area contributed by atoms with Crippen LogP contribution in [0.2, 0.25) is 0 Å². The average molecular weight is 390 g/mol. The number of carbonyl (C=O) groups excluding carboxylic acids is 1. The number of halogens is 3. The van der Waals surface area contributed by atoms with Crippen LogP contribution in [0, 0.1) is 6.92 Å². The predicted octanol–water partition coefficient (Wildman–Crippen LogP) is 2.83. The highest BCUT2D eigenvalue weighted by Gasteiger charge is 2.30. The number of amides is 1. The lowest BCUT2D eigenvalue weighted by molar-refractivity contribution is -0.137. The number of benzene rings is 1. The summed E-state index contributed by atoms with van der Waals surface area (Å²) in [5, 5.41) is 9.73. The second-order valence-corrected chi connectivity index (χ2v) is 5.87. The number of hydrogen-bond acceptors (Lipinski definition) is 5. The summed E-state index contributed by atoms with van der Waals surface area (Å²) in [6.45, 7) is 2.28. The minimum absolute atomic E-state index is 0.0475. The average Bonchev–Trinajstić information content (AvgIpc) is 3.19. The highest BCUT2D eigenvalue weighted by atomic mass is 19.4. The first-order chi connectivity index (χ1) is 13.3. The van der Waals surface area contributed by atoms with E-state index in [0.29, 0.717) is 24.0 Å². The van der Waals surface area contributed by atoms with Gasteiger partial charge in [-0.25, -0.2) is 14.6 Å². The molecule has 2 aromatic heterocycles. The van der Waals surface area contributed by atoms with Crippen LogP contribution in [0.15, 0.2) is 48.8 Å². The minimum atomic E-state index is -4.49. The van der Waals surface area contributed by atoms with Crippen LogP contribution in [0.4, 0.5) is 19.0 Å². The first kappa shape index (κ1) is 19.3. The molecule has 2 heterocycles. The summed E-state index contributed by atoms with van der Waals surface area (Å²) < 4.78 is 39.8. The van der Waals surface area contributed by atoms with Crippen LogP contribution in [0.25, 0.3) is 5.82 Å². The molecule has 0 bridgehead atoms. The fourth-order valence-corrected chi connectivity index (χ4v) is 2.47. The van der Waals surface area contributed by atoms with E-state index in [0.717, 1.165) is 12.1 Å². The lowest BCUT2D eigenvalue weighted by Crippen LogP contribution is -2.29. The Morgan fingerprint density at radius 1 is 1.14 bits per heavy atom. The summed E-state index contributed by atoms with van der Waals surface area (Å²) in [6, 6.07) is 7.76. The fourth-order valence-electron chi connectivity index (χ4n) is 2.47. The number of hydrogen-bond donors (Lipinski definition) is 2. The standard InChI is InChI=1S/C18H17F3N6O/c1-12-25-15(11-16(26-12)27-9-3-6-24-27)22-7-8-23-17(28)13-4-2-5-14(10-13)18(19,20)21/h2-6,9-11H,7-8H2,1H3,(H,23,28)(H,22,25,26). The number of aryl methyl sites for hydroxylation is 1. The third-order valence-electron chi connectivity index (χ3n) is 3.73. The molecule has 0 aliphatic heterocycles. The van der Waals surface area contributed by atoms with Gasteiger partial charge in [0.15, 0.2) is 5.82 Å². The number of anilines is 1. The van der Waals surface area contributed by atoms with Crippen molar-refractivity contribution in [2.75, 3.05) is 18.4 Å². The van der Waals surface area contributed by atoms with Crippen LogP contribution in [0.1, 0.15) is 21.7 Å². The Balaban J connectivity index is 1.56. The quantitative estimate of drug-likeness (QED) is 0.633. The number of rotatable bonds is 6. The summed E-state index contributed by atoms with van der Waals surface area (Å²) in [6.07, 6.45) is -1.11. The van der Waals surface area contributed by atoms with Gasteiger partial charge in [-0.2, -0.15) is 18.3 Å². The molecule has 146 valence electrons. The van der Waals surface area contributed by atoms with Gasteiger partial charge in [0.2, 0.25) is 0 Å². The van der Waals surface area contributed by atoms with Crippen LogP contribution in [-0.4, -0.2) is 38.7 Å². The monoisotopic (exact) mass is 390 g/mol. The predicted molar refractivity (Wildman–Crippen MR) is 96.2 cm³/mol. The van der Waals surface area contributed by atoms with Crippen molar-refractivity contribution in [1.82, 2.24) is 25.1 Å². The molecule has 0 aliphatic rings. The van der Waals surface area contributed by atoms with Crippen molar-refractivity contribution in [1.29, 1.82) is 0 Å². The summed E-state index contributed by atoms with van der Waals surface area (Å²) in [7, 11) is 0. The van der Waals surface area contributed by atoms with Crippen molar-refractivity contribution < 1.29 is 18.0 Å². The van der Waals surface area contributed by atoms with Gasteiger partial charge in [0.1, 0.15) is 11.6 Å². The van der Waals surface area contributed by atoms with Gasteiger partial charge >= 0.3 is 6.18 Å². The second kappa shape index (κ2) is 8.07. The van der Waals surface area contributed by atoms with Crippen LogP contribution in [0.5, 0.6) is 0 Å². The second-order valence-electron chi connectivity index (χ2n) is 5.87. The number of aromatic nitrogens is 4. The normalized spacial score (nSPS) is 11.3. The fraction of sp³-hybridized carbons (Fsp3) is 0.222. The third kappa shape index (κ3) is 4.84. The van der Waals surface area contributed by atoms with Gasteiger partial charge in [-0.05, 0) is 31.2 Å². The van der Waals surface area contributed by atoms with Crippen molar-refractivity contribution in [3.05, 3.63) is 65.7 Å². The zero-order valence-electron chi connectivity index (χ0n) is 14.9. The van der Waals surface area contributed by atoms with Crippen molar-refractivity contribution in [2.24, 2.45) is 0 Å². The minimum Gasteiger partial charge on any atom is -0.368 e. The molecule has 7 nitrogen and oxygen atoms in total. The zero-order chi connectivity index (χ0) is 20.1. The molecule has 0 spiro atoms.